The molecule has 0 aliphatic heterocycles. The van der Waals surface area contributed by atoms with Gasteiger partial charge in [0.2, 0.25) is 0 Å². The maximum atomic E-state index is 5.23. The van der Waals surface area contributed by atoms with Crippen LogP contribution < -0.4 is 0 Å². The second-order valence-corrected chi connectivity index (χ2v) is 4.79. The zero-order valence-corrected chi connectivity index (χ0v) is 10.5. The molecule has 0 spiro atoms. The van der Waals surface area contributed by atoms with Crippen molar-refractivity contribution in [2.75, 3.05) is 11.1 Å². The van der Waals surface area contributed by atoms with Gasteiger partial charge in [0.1, 0.15) is 5.76 Å². The van der Waals surface area contributed by atoms with Gasteiger partial charge < -0.3 is 4.42 Å². The first kappa shape index (κ1) is 11.2. The van der Waals surface area contributed by atoms with E-state index in [9.17, 15) is 0 Å². The van der Waals surface area contributed by atoms with E-state index in [4.69, 9.17) is 4.42 Å². The van der Waals surface area contributed by atoms with Gasteiger partial charge in [0.15, 0.2) is 0 Å². The molecule has 0 aromatic carbocycles. The topological polar surface area (TPSA) is 13.1 Å². The summed E-state index contributed by atoms with van der Waals surface area (Å²) in [5, 5.41) is 1.09. The van der Waals surface area contributed by atoms with E-state index in [0.717, 1.165) is 17.0 Å². The highest BCUT2D eigenvalue weighted by molar-refractivity contribution is 9.09. The predicted octanol–water partition coefficient (Wildman–Crippen LogP) is 4.10. The van der Waals surface area contributed by atoms with Gasteiger partial charge in [0.25, 0.3) is 0 Å². The predicted molar refractivity (Wildman–Crippen MR) is 61.7 cm³/mol. The molecular weight excluding hydrogens is 248 g/mol. The Hall–Kier alpha value is 0.110. The van der Waals surface area contributed by atoms with Crippen LogP contribution in [0.1, 0.15) is 19.1 Å². The number of hydrogen-bond acceptors (Lipinski definition) is 2. The average Bonchev–Trinajstić information content (AvgIpc) is 2.54. The molecule has 1 nitrogen and oxygen atoms in total. The summed E-state index contributed by atoms with van der Waals surface area (Å²) in [6.07, 6.45) is 2.99. The van der Waals surface area contributed by atoms with Crippen molar-refractivity contribution in [3.05, 3.63) is 18.1 Å². The van der Waals surface area contributed by atoms with Gasteiger partial charge in [-0.15, -0.1) is 11.8 Å². The molecule has 0 amide bonds. The van der Waals surface area contributed by atoms with E-state index in [-0.39, 0.29) is 0 Å². The number of alkyl halides is 1. The molecule has 0 saturated heterocycles. The first-order valence-corrected chi connectivity index (χ1v) is 6.61. The molecule has 1 atom stereocenters. The summed E-state index contributed by atoms with van der Waals surface area (Å²) < 4.78 is 5.23. The molecule has 0 aliphatic rings. The number of thioether (sulfide) groups is 1. The van der Waals surface area contributed by atoms with Crippen LogP contribution in [0.5, 0.6) is 0 Å². The number of aryl methyl sites for hydroxylation is 1. The van der Waals surface area contributed by atoms with Crippen LogP contribution in [-0.2, 0) is 0 Å². The molecule has 0 N–H and O–H groups in total. The summed E-state index contributed by atoms with van der Waals surface area (Å²) in [5.41, 5.74) is 0. The van der Waals surface area contributed by atoms with E-state index >= 15 is 0 Å². The van der Waals surface area contributed by atoms with Crippen LogP contribution in [0.25, 0.3) is 0 Å². The smallest absolute Gasteiger partial charge is 0.114 e. The fourth-order valence-corrected chi connectivity index (χ4v) is 3.16. The standard InChI is InChI=1S/C10H15BrOS/c1-3-9(6-11)7-13-10-4-5-12-8(10)2/h4-5,9H,3,6-7H2,1-2H3. The fourth-order valence-electron chi connectivity index (χ4n) is 1.00. The number of furan rings is 1. The van der Waals surface area contributed by atoms with Crippen molar-refractivity contribution in [3.8, 4) is 0 Å². The van der Waals surface area contributed by atoms with Crippen LogP contribution in [0, 0.1) is 12.8 Å². The summed E-state index contributed by atoms with van der Waals surface area (Å²) in [5.74, 6) is 2.97. The van der Waals surface area contributed by atoms with Gasteiger partial charge in [-0.2, -0.15) is 0 Å². The van der Waals surface area contributed by atoms with Crippen molar-refractivity contribution < 1.29 is 4.42 Å². The summed E-state index contributed by atoms with van der Waals surface area (Å²) in [6, 6.07) is 2.04. The van der Waals surface area contributed by atoms with Gasteiger partial charge in [-0.3, -0.25) is 0 Å². The average molecular weight is 263 g/mol. The lowest BCUT2D eigenvalue weighted by molar-refractivity contribution is 0.526. The lowest BCUT2D eigenvalue weighted by Gasteiger charge is -2.09. The van der Waals surface area contributed by atoms with Crippen molar-refractivity contribution >= 4 is 27.7 Å². The molecule has 0 bridgehead atoms. The van der Waals surface area contributed by atoms with Crippen molar-refractivity contribution in [2.45, 2.75) is 25.2 Å². The van der Waals surface area contributed by atoms with Gasteiger partial charge in [-0.25, -0.2) is 0 Å². The van der Waals surface area contributed by atoms with Gasteiger partial charge in [-0.05, 0) is 18.9 Å². The van der Waals surface area contributed by atoms with Crippen molar-refractivity contribution in [3.63, 3.8) is 0 Å². The third-order valence-electron chi connectivity index (χ3n) is 2.08. The highest BCUT2D eigenvalue weighted by Crippen LogP contribution is 2.26. The second-order valence-electron chi connectivity index (χ2n) is 3.08. The zero-order chi connectivity index (χ0) is 9.68. The van der Waals surface area contributed by atoms with Gasteiger partial charge in [-0.1, -0.05) is 29.3 Å². The Labute approximate surface area is 92.4 Å². The van der Waals surface area contributed by atoms with E-state index in [0.29, 0.717) is 0 Å². The minimum atomic E-state index is 0.763. The maximum absolute atomic E-state index is 5.23. The quantitative estimate of drug-likeness (QED) is 0.586. The highest BCUT2D eigenvalue weighted by atomic mass is 79.9. The molecule has 74 valence electrons. The molecule has 13 heavy (non-hydrogen) atoms. The van der Waals surface area contributed by atoms with Gasteiger partial charge in [0.05, 0.1) is 6.26 Å². The molecule has 1 aromatic heterocycles. The Morgan fingerprint density at radius 3 is 2.85 bits per heavy atom. The zero-order valence-electron chi connectivity index (χ0n) is 8.05. The van der Waals surface area contributed by atoms with E-state index < -0.39 is 0 Å². The van der Waals surface area contributed by atoms with Crippen molar-refractivity contribution in [2.24, 2.45) is 5.92 Å². The Bertz CT molecular complexity index is 243. The monoisotopic (exact) mass is 262 g/mol. The minimum Gasteiger partial charge on any atom is -0.468 e. The van der Waals surface area contributed by atoms with Crippen LogP contribution in [0.15, 0.2) is 21.6 Å². The molecule has 0 fully saturated rings. The highest BCUT2D eigenvalue weighted by Gasteiger charge is 2.07. The van der Waals surface area contributed by atoms with Crippen LogP contribution in [-0.4, -0.2) is 11.1 Å². The Morgan fingerprint density at radius 1 is 1.62 bits per heavy atom. The van der Waals surface area contributed by atoms with E-state index in [1.807, 2.05) is 24.8 Å². The summed E-state index contributed by atoms with van der Waals surface area (Å²) >= 11 is 5.41. The molecule has 1 rings (SSSR count). The third kappa shape index (κ3) is 3.39. The molecule has 0 saturated carbocycles. The number of halogens is 1. The number of hydrogen-bond donors (Lipinski definition) is 0. The van der Waals surface area contributed by atoms with E-state index in [2.05, 4.69) is 22.9 Å². The summed E-state index contributed by atoms with van der Waals surface area (Å²) in [6.45, 7) is 4.24. The van der Waals surface area contributed by atoms with Crippen molar-refractivity contribution in [1.82, 2.24) is 0 Å². The minimum absolute atomic E-state index is 0.763. The van der Waals surface area contributed by atoms with Gasteiger partial charge >= 0.3 is 0 Å². The molecule has 1 aromatic rings. The molecule has 1 unspecified atom stereocenters. The van der Waals surface area contributed by atoms with Crippen LogP contribution in [0.3, 0.4) is 0 Å². The Balaban J connectivity index is 2.38. The van der Waals surface area contributed by atoms with E-state index in [1.54, 1.807) is 6.26 Å². The molecule has 0 radical (unpaired) electrons. The molecule has 1 heterocycles. The first-order chi connectivity index (χ1) is 6.27. The normalized spacial score (nSPS) is 13.2. The second kappa shape index (κ2) is 5.76. The maximum Gasteiger partial charge on any atom is 0.114 e. The third-order valence-corrected chi connectivity index (χ3v) is 4.37. The SMILES string of the molecule is CCC(CBr)CSc1ccoc1C. The summed E-state index contributed by atoms with van der Waals surface area (Å²) in [7, 11) is 0. The Kier molecular flexibility index (Phi) is 4.96. The molecular formula is C10H15BrOS. The summed E-state index contributed by atoms with van der Waals surface area (Å²) in [4.78, 5) is 1.28. The van der Waals surface area contributed by atoms with Gasteiger partial charge in [0, 0.05) is 16.0 Å². The Morgan fingerprint density at radius 2 is 2.38 bits per heavy atom. The van der Waals surface area contributed by atoms with Crippen LogP contribution in [0.4, 0.5) is 0 Å². The first-order valence-electron chi connectivity index (χ1n) is 4.50. The van der Waals surface area contributed by atoms with Crippen LogP contribution >= 0.6 is 27.7 Å². The lowest BCUT2D eigenvalue weighted by atomic mass is 10.2. The molecule has 3 heteroatoms. The number of rotatable bonds is 5. The lowest BCUT2D eigenvalue weighted by Crippen LogP contribution is -2.02. The molecule has 0 aliphatic carbocycles. The van der Waals surface area contributed by atoms with Crippen LogP contribution in [0.2, 0.25) is 0 Å². The largest absolute Gasteiger partial charge is 0.468 e. The van der Waals surface area contributed by atoms with E-state index in [1.165, 1.54) is 17.1 Å². The fraction of sp³-hybridized carbons (Fsp3) is 0.600. The van der Waals surface area contributed by atoms with Crippen molar-refractivity contribution in [1.29, 1.82) is 0 Å².